The lowest BCUT2D eigenvalue weighted by Crippen LogP contribution is -2.31. The van der Waals surface area contributed by atoms with Crippen LogP contribution in [0.5, 0.6) is 0 Å². The lowest BCUT2D eigenvalue weighted by molar-refractivity contribution is 0.0778. The fraction of sp³-hybridized carbons (Fsp3) is 0.667. The number of nitrogens with two attached hydrogens (primary N) is 1. The van der Waals surface area contributed by atoms with Crippen molar-refractivity contribution in [2.45, 2.75) is 40.0 Å². The number of hydrogen-bond donors (Lipinski definition) is 2. The Morgan fingerprint density at radius 3 is 2.67 bits per heavy atom. The monoisotopic (exact) mass is 291 g/mol. The van der Waals surface area contributed by atoms with Crippen LogP contribution in [0.3, 0.4) is 0 Å². The molecule has 0 spiro atoms. The number of anilines is 1. The van der Waals surface area contributed by atoms with E-state index in [1.807, 2.05) is 18.7 Å². The Balaban J connectivity index is 2.24. The Morgan fingerprint density at radius 2 is 2.14 bits per heavy atom. The lowest BCUT2D eigenvalue weighted by atomic mass is 9.95. The SMILES string of the molecule is CC(C)c1ncc(NN)c(C(=O)N2CCC(C(C)C)C2)n1. The van der Waals surface area contributed by atoms with Gasteiger partial charge in [-0.05, 0) is 18.3 Å². The van der Waals surface area contributed by atoms with Crippen LogP contribution in [-0.4, -0.2) is 33.9 Å². The van der Waals surface area contributed by atoms with Gasteiger partial charge in [-0.25, -0.2) is 9.97 Å². The van der Waals surface area contributed by atoms with Gasteiger partial charge in [0.15, 0.2) is 5.69 Å². The molecular weight excluding hydrogens is 266 g/mol. The summed E-state index contributed by atoms with van der Waals surface area (Å²) >= 11 is 0. The molecular formula is C15H25N5O. The predicted octanol–water partition coefficient (Wildman–Crippen LogP) is 2.00. The first-order chi connectivity index (χ1) is 9.93. The minimum absolute atomic E-state index is 0.0598. The van der Waals surface area contributed by atoms with Gasteiger partial charge >= 0.3 is 0 Å². The molecule has 0 saturated carbocycles. The number of aromatic nitrogens is 2. The third kappa shape index (κ3) is 3.32. The number of nitrogens with zero attached hydrogens (tertiary/aromatic N) is 3. The van der Waals surface area contributed by atoms with Gasteiger partial charge in [0.1, 0.15) is 5.82 Å². The zero-order valence-corrected chi connectivity index (χ0v) is 13.3. The highest BCUT2D eigenvalue weighted by molar-refractivity contribution is 5.97. The molecule has 1 atom stereocenters. The highest BCUT2D eigenvalue weighted by atomic mass is 16.2. The van der Waals surface area contributed by atoms with Gasteiger partial charge < -0.3 is 10.3 Å². The maximum Gasteiger partial charge on any atom is 0.274 e. The largest absolute Gasteiger partial charge is 0.337 e. The van der Waals surface area contributed by atoms with Gasteiger partial charge in [-0.15, -0.1) is 0 Å². The molecule has 6 nitrogen and oxygen atoms in total. The van der Waals surface area contributed by atoms with Crippen molar-refractivity contribution in [2.24, 2.45) is 17.7 Å². The number of likely N-dealkylation sites (tertiary alicyclic amines) is 1. The van der Waals surface area contributed by atoms with E-state index in [1.165, 1.54) is 0 Å². The topological polar surface area (TPSA) is 84.1 Å². The van der Waals surface area contributed by atoms with Gasteiger partial charge in [0, 0.05) is 19.0 Å². The number of hydrogen-bond acceptors (Lipinski definition) is 5. The number of carbonyl (C=O) groups is 1. The van der Waals surface area contributed by atoms with Crippen molar-refractivity contribution < 1.29 is 4.79 Å². The van der Waals surface area contributed by atoms with E-state index in [4.69, 9.17) is 5.84 Å². The minimum Gasteiger partial charge on any atom is -0.337 e. The van der Waals surface area contributed by atoms with Crippen LogP contribution >= 0.6 is 0 Å². The van der Waals surface area contributed by atoms with E-state index >= 15 is 0 Å². The summed E-state index contributed by atoms with van der Waals surface area (Å²) < 4.78 is 0. The molecule has 1 aromatic rings. The Kier molecular flexibility index (Phi) is 4.77. The van der Waals surface area contributed by atoms with Crippen LogP contribution in [0.1, 0.15) is 56.3 Å². The summed E-state index contributed by atoms with van der Waals surface area (Å²) in [6.07, 6.45) is 2.64. The summed E-state index contributed by atoms with van der Waals surface area (Å²) in [5.74, 6) is 7.42. The minimum atomic E-state index is -0.0598. The molecule has 6 heteroatoms. The molecule has 1 amide bonds. The summed E-state index contributed by atoms with van der Waals surface area (Å²) in [7, 11) is 0. The summed E-state index contributed by atoms with van der Waals surface area (Å²) in [6.45, 7) is 9.99. The van der Waals surface area contributed by atoms with Gasteiger partial charge in [-0.3, -0.25) is 10.6 Å². The first-order valence-electron chi connectivity index (χ1n) is 7.56. The highest BCUT2D eigenvalue weighted by Gasteiger charge is 2.30. The van der Waals surface area contributed by atoms with Crippen LogP contribution in [0.15, 0.2) is 6.20 Å². The summed E-state index contributed by atoms with van der Waals surface area (Å²) in [5.41, 5.74) is 3.39. The summed E-state index contributed by atoms with van der Waals surface area (Å²) in [4.78, 5) is 23.2. The average molecular weight is 291 g/mol. The Bertz CT molecular complexity index is 515. The van der Waals surface area contributed by atoms with Gasteiger partial charge in [-0.2, -0.15) is 0 Å². The molecule has 1 aromatic heterocycles. The number of nitrogens with one attached hydrogen (secondary N) is 1. The number of carbonyl (C=O) groups excluding carboxylic acids is 1. The van der Waals surface area contributed by atoms with Crippen LogP contribution in [0, 0.1) is 11.8 Å². The van der Waals surface area contributed by atoms with Gasteiger partial charge in [0.2, 0.25) is 0 Å². The van der Waals surface area contributed by atoms with Crippen LogP contribution in [-0.2, 0) is 0 Å². The Morgan fingerprint density at radius 1 is 1.43 bits per heavy atom. The lowest BCUT2D eigenvalue weighted by Gasteiger charge is -2.19. The zero-order valence-electron chi connectivity index (χ0n) is 13.3. The van der Waals surface area contributed by atoms with Crippen molar-refractivity contribution in [1.82, 2.24) is 14.9 Å². The van der Waals surface area contributed by atoms with E-state index in [0.717, 1.165) is 19.5 Å². The molecule has 1 saturated heterocycles. The van der Waals surface area contributed by atoms with E-state index in [9.17, 15) is 4.79 Å². The molecule has 0 aromatic carbocycles. The third-order valence-electron chi connectivity index (χ3n) is 4.14. The maximum atomic E-state index is 12.7. The van der Waals surface area contributed by atoms with Crippen molar-refractivity contribution in [3.63, 3.8) is 0 Å². The smallest absolute Gasteiger partial charge is 0.274 e. The Hall–Kier alpha value is -1.69. The van der Waals surface area contributed by atoms with E-state index < -0.39 is 0 Å². The maximum absolute atomic E-state index is 12.7. The summed E-state index contributed by atoms with van der Waals surface area (Å²) in [6, 6.07) is 0. The normalized spacial score (nSPS) is 18.6. The molecule has 116 valence electrons. The molecule has 21 heavy (non-hydrogen) atoms. The number of nitrogen functional groups attached to an aromatic ring is 1. The zero-order chi connectivity index (χ0) is 15.6. The molecule has 0 bridgehead atoms. The molecule has 3 N–H and O–H groups in total. The fourth-order valence-corrected chi connectivity index (χ4v) is 2.61. The second-order valence-corrected chi connectivity index (χ2v) is 6.33. The van der Waals surface area contributed by atoms with Crippen LogP contribution in [0.2, 0.25) is 0 Å². The quantitative estimate of drug-likeness (QED) is 0.655. The van der Waals surface area contributed by atoms with E-state index in [0.29, 0.717) is 29.0 Å². The van der Waals surface area contributed by atoms with Crippen molar-refractivity contribution in [3.05, 3.63) is 17.7 Å². The molecule has 0 aliphatic carbocycles. The van der Waals surface area contributed by atoms with E-state index in [2.05, 4.69) is 29.2 Å². The average Bonchev–Trinajstić information content (AvgIpc) is 2.95. The molecule has 1 fully saturated rings. The second-order valence-electron chi connectivity index (χ2n) is 6.33. The number of hydrazine groups is 1. The summed E-state index contributed by atoms with van der Waals surface area (Å²) in [5, 5.41) is 0. The highest BCUT2D eigenvalue weighted by Crippen LogP contribution is 2.26. The second kappa shape index (κ2) is 6.39. The van der Waals surface area contributed by atoms with Crippen molar-refractivity contribution in [2.75, 3.05) is 18.5 Å². The van der Waals surface area contributed by atoms with Crippen LogP contribution < -0.4 is 11.3 Å². The predicted molar refractivity (Wildman–Crippen MR) is 82.8 cm³/mol. The molecule has 1 aliphatic heterocycles. The van der Waals surface area contributed by atoms with Crippen molar-refractivity contribution in [1.29, 1.82) is 0 Å². The van der Waals surface area contributed by atoms with Crippen molar-refractivity contribution in [3.8, 4) is 0 Å². The van der Waals surface area contributed by atoms with Gasteiger partial charge in [0.25, 0.3) is 5.91 Å². The third-order valence-corrected chi connectivity index (χ3v) is 4.14. The molecule has 1 unspecified atom stereocenters. The Labute approximate surface area is 126 Å². The first kappa shape index (κ1) is 15.7. The van der Waals surface area contributed by atoms with Gasteiger partial charge in [0.05, 0.1) is 11.9 Å². The fourth-order valence-electron chi connectivity index (χ4n) is 2.61. The van der Waals surface area contributed by atoms with Crippen molar-refractivity contribution >= 4 is 11.6 Å². The molecule has 1 aliphatic rings. The van der Waals surface area contributed by atoms with Crippen LogP contribution in [0.4, 0.5) is 5.69 Å². The van der Waals surface area contributed by atoms with E-state index in [1.54, 1.807) is 6.20 Å². The molecule has 2 rings (SSSR count). The van der Waals surface area contributed by atoms with Gasteiger partial charge in [-0.1, -0.05) is 27.7 Å². The molecule has 0 radical (unpaired) electrons. The van der Waals surface area contributed by atoms with E-state index in [-0.39, 0.29) is 11.8 Å². The standard InChI is InChI=1S/C15H25N5O/c1-9(2)11-5-6-20(8-11)15(21)13-12(19-16)7-17-14(18-13)10(3)4/h7,9-11,19H,5-6,8,16H2,1-4H3. The number of rotatable bonds is 4. The van der Waals surface area contributed by atoms with Crippen LogP contribution in [0.25, 0.3) is 0 Å². The first-order valence-corrected chi connectivity index (χ1v) is 7.56. The number of amides is 1. The molecule has 2 heterocycles.